The molecule has 0 bridgehead atoms. The third-order valence-electron chi connectivity index (χ3n) is 3.09. The van der Waals surface area contributed by atoms with Crippen molar-refractivity contribution in [2.24, 2.45) is 0 Å². The molecule has 19 heavy (non-hydrogen) atoms. The van der Waals surface area contributed by atoms with Crippen molar-refractivity contribution in [1.82, 2.24) is 0 Å². The Hall–Kier alpha value is -2.43. The molecule has 3 rings (SSSR count). The number of halogens is 1. The number of allylic oxidation sites excluding steroid dienone is 2. The van der Waals surface area contributed by atoms with Crippen LogP contribution in [0.15, 0.2) is 36.4 Å². The lowest BCUT2D eigenvalue weighted by atomic mass is 9.87. The number of ketones is 1. The Morgan fingerprint density at radius 1 is 1.26 bits per heavy atom. The molecule has 0 spiro atoms. The van der Waals surface area contributed by atoms with Crippen molar-refractivity contribution in [3.05, 3.63) is 47.6 Å². The van der Waals surface area contributed by atoms with Crippen molar-refractivity contribution in [2.75, 3.05) is 7.11 Å². The van der Waals surface area contributed by atoms with Crippen molar-refractivity contribution >= 4 is 17.3 Å². The molecule has 0 radical (unpaired) electrons. The largest absolute Gasteiger partial charge is 0.497 e. The van der Waals surface area contributed by atoms with E-state index in [1.165, 1.54) is 13.2 Å². The van der Waals surface area contributed by atoms with Crippen LogP contribution in [0.25, 0.3) is 5.57 Å². The van der Waals surface area contributed by atoms with E-state index in [2.05, 4.69) is 0 Å². The average molecular weight is 260 g/mol. The molecule has 0 aromatic heterocycles. The summed E-state index contributed by atoms with van der Waals surface area (Å²) in [6, 6.07) is 4.60. The van der Waals surface area contributed by atoms with Gasteiger partial charge in [0.2, 0.25) is 0 Å². The second kappa shape index (κ2) is 3.78. The standard InChI is InChI=1S/C14H9FO4/c1-18-9-2-3-10-11(7-9)13(17)19-14(15)5-4-8(16)6-12(10)14/h2-7H,1H3. The van der Waals surface area contributed by atoms with E-state index in [0.717, 1.165) is 18.2 Å². The number of hydrogen-bond donors (Lipinski definition) is 0. The first kappa shape index (κ1) is 11.6. The number of methoxy groups -OCH3 is 1. The topological polar surface area (TPSA) is 52.6 Å². The fraction of sp³-hybridized carbons (Fsp3) is 0.143. The highest BCUT2D eigenvalue weighted by Crippen LogP contribution is 2.42. The van der Waals surface area contributed by atoms with Crippen LogP contribution in [0.2, 0.25) is 0 Å². The Labute approximate surface area is 108 Å². The lowest BCUT2D eigenvalue weighted by Crippen LogP contribution is -2.36. The lowest BCUT2D eigenvalue weighted by Gasteiger charge is -2.32. The van der Waals surface area contributed by atoms with Crippen LogP contribution in [0, 0.1) is 0 Å². The Bertz CT molecular complexity index is 659. The molecule has 2 aliphatic rings. The van der Waals surface area contributed by atoms with Gasteiger partial charge in [-0.2, -0.15) is 4.39 Å². The van der Waals surface area contributed by atoms with Gasteiger partial charge in [-0.3, -0.25) is 4.79 Å². The Kier molecular flexibility index (Phi) is 2.32. The molecule has 1 aromatic rings. The van der Waals surface area contributed by atoms with Crippen molar-refractivity contribution in [3.8, 4) is 5.75 Å². The first-order valence-corrected chi connectivity index (χ1v) is 5.59. The monoisotopic (exact) mass is 260 g/mol. The second-order valence-electron chi connectivity index (χ2n) is 4.24. The van der Waals surface area contributed by atoms with Crippen LogP contribution in [-0.4, -0.2) is 24.7 Å². The van der Waals surface area contributed by atoms with Crippen LogP contribution in [0.1, 0.15) is 15.9 Å². The summed E-state index contributed by atoms with van der Waals surface area (Å²) in [6.45, 7) is 0. The summed E-state index contributed by atoms with van der Waals surface area (Å²) in [7, 11) is 1.46. The zero-order valence-corrected chi connectivity index (χ0v) is 9.98. The van der Waals surface area contributed by atoms with Gasteiger partial charge in [-0.25, -0.2) is 4.79 Å². The van der Waals surface area contributed by atoms with Gasteiger partial charge in [0.25, 0.3) is 5.85 Å². The zero-order chi connectivity index (χ0) is 13.6. The number of hydrogen-bond acceptors (Lipinski definition) is 4. The number of esters is 1. The number of fused-ring (bicyclic) bond motifs is 3. The average Bonchev–Trinajstić information content (AvgIpc) is 2.40. The molecule has 1 aliphatic carbocycles. The van der Waals surface area contributed by atoms with Gasteiger partial charge in [0.15, 0.2) is 5.78 Å². The van der Waals surface area contributed by atoms with E-state index in [9.17, 15) is 14.0 Å². The van der Waals surface area contributed by atoms with Crippen LogP contribution >= 0.6 is 0 Å². The van der Waals surface area contributed by atoms with Crippen molar-refractivity contribution in [1.29, 1.82) is 0 Å². The van der Waals surface area contributed by atoms with Crippen LogP contribution in [0.3, 0.4) is 0 Å². The van der Waals surface area contributed by atoms with Gasteiger partial charge in [-0.05, 0) is 35.9 Å². The van der Waals surface area contributed by atoms with Crippen molar-refractivity contribution in [3.63, 3.8) is 0 Å². The first-order valence-electron chi connectivity index (χ1n) is 5.59. The van der Waals surface area contributed by atoms with Crippen molar-refractivity contribution < 1.29 is 23.5 Å². The van der Waals surface area contributed by atoms with Gasteiger partial charge >= 0.3 is 5.97 Å². The highest BCUT2D eigenvalue weighted by atomic mass is 19.2. The Morgan fingerprint density at radius 2 is 2.05 bits per heavy atom. The predicted molar refractivity (Wildman–Crippen MR) is 64.4 cm³/mol. The van der Waals surface area contributed by atoms with Crippen LogP contribution in [0.4, 0.5) is 4.39 Å². The summed E-state index contributed by atoms with van der Waals surface area (Å²) in [4.78, 5) is 23.2. The van der Waals surface area contributed by atoms with Gasteiger partial charge in [-0.1, -0.05) is 0 Å². The van der Waals surface area contributed by atoms with Gasteiger partial charge in [0.1, 0.15) is 5.75 Å². The normalized spacial score (nSPS) is 24.2. The fourth-order valence-electron chi connectivity index (χ4n) is 2.16. The summed E-state index contributed by atoms with van der Waals surface area (Å²) in [6.07, 6.45) is 3.14. The van der Waals surface area contributed by atoms with Crippen LogP contribution in [-0.2, 0) is 9.53 Å². The molecule has 1 aliphatic heterocycles. The van der Waals surface area contributed by atoms with E-state index < -0.39 is 11.8 Å². The number of benzene rings is 1. The smallest absolute Gasteiger partial charge is 0.342 e. The molecular formula is C14H9FO4. The maximum Gasteiger partial charge on any atom is 0.342 e. The fourth-order valence-corrected chi connectivity index (χ4v) is 2.16. The molecule has 0 fully saturated rings. The molecule has 96 valence electrons. The molecule has 0 saturated carbocycles. The molecular weight excluding hydrogens is 251 g/mol. The van der Waals surface area contributed by atoms with Gasteiger partial charge in [0.05, 0.1) is 12.7 Å². The number of ether oxygens (including phenoxy) is 2. The molecule has 0 N–H and O–H groups in total. The SMILES string of the molecule is COc1ccc2c(c1)C(=O)OC1(F)C=CC(=O)C=C21. The summed E-state index contributed by atoms with van der Waals surface area (Å²) >= 11 is 0. The predicted octanol–water partition coefficient (Wildman–Crippen LogP) is 2.05. The maximum atomic E-state index is 14.5. The highest BCUT2D eigenvalue weighted by molar-refractivity contribution is 6.11. The number of carbonyl (C=O) groups excluding carboxylic acids is 2. The maximum absolute atomic E-state index is 14.5. The third kappa shape index (κ3) is 1.66. The van der Waals surface area contributed by atoms with Crippen LogP contribution in [0.5, 0.6) is 5.75 Å². The number of rotatable bonds is 1. The molecule has 0 saturated heterocycles. The summed E-state index contributed by atoms with van der Waals surface area (Å²) in [5.41, 5.74) is 0.566. The van der Waals surface area contributed by atoms with Gasteiger partial charge in [0, 0.05) is 11.6 Å². The molecule has 5 heteroatoms. The summed E-state index contributed by atoms with van der Waals surface area (Å²) in [5.74, 6) is -3.04. The Morgan fingerprint density at radius 3 is 2.79 bits per heavy atom. The minimum atomic E-state index is -2.37. The summed E-state index contributed by atoms with van der Waals surface area (Å²) in [5, 5.41) is 0. The Balaban J connectivity index is 2.23. The van der Waals surface area contributed by atoms with Gasteiger partial charge in [-0.15, -0.1) is 0 Å². The van der Waals surface area contributed by atoms with E-state index in [1.807, 2.05) is 0 Å². The molecule has 1 heterocycles. The van der Waals surface area contributed by atoms with E-state index in [-0.39, 0.29) is 16.9 Å². The van der Waals surface area contributed by atoms with E-state index >= 15 is 0 Å². The van der Waals surface area contributed by atoms with Crippen molar-refractivity contribution in [2.45, 2.75) is 5.85 Å². The number of alkyl halides is 1. The number of carbonyl (C=O) groups is 2. The quantitative estimate of drug-likeness (QED) is 0.725. The van der Waals surface area contributed by atoms with E-state index in [4.69, 9.17) is 9.47 Å². The zero-order valence-electron chi connectivity index (χ0n) is 9.98. The summed E-state index contributed by atoms with van der Waals surface area (Å²) < 4.78 is 24.3. The minimum absolute atomic E-state index is 0.0391. The second-order valence-corrected chi connectivity index (χ2v) is 4.24. The van der Waals surface area contributed by atoms with E-state index in [1.54, 1.807) is 12.1 Å². The van der Waals surface area contributed by atoms with Gasteiger partial charge < -0.3 is 9.47 Å². The lowest BCUT2D eigenvalue weighted by molar-refractivity contribution is -0.111. The third-order valence-corrected chi connectivity index (χ3v) is 3.09. The molecule has 1 unspecified atom stereocenters. The minimum Gasteiger partial charge on any atom is -0.497 e. The molecule has 1 atom stereocenters. The highest BCUT2D eigenvalue weighted by Gasteiger charge is 2.45. The first-order chi connectivity index (χ1) is 9.03. The van der Waals surface area contributed by atoms with Crippen LogP contribution < -0.4 is 4.74 Å². The molecule has 0 amide bonds. The molecule has 4 nitrogen and oxygen atoms in total. The molecule has 1 aromatic carbocycles. The van der Waals surface area contributed by atoms with E-state index in [0.29, 0.717) is 11.3 Å².